The summed E-state index contributed by atoms with van der Waals surface area (Å²) in [5.74, 6) is 1.34. The van der Waals surface area contributed by atoms with Gasteiger partial charge in [0.25, 0.3) is 0 Å². The smallest absolute Gasteiger partial charge is 0.310 e. The fraction of sp³-hybridized carbons (Fsp3) is 0.591. The topological polar surface area (TPSA) is 26.3 Å². The molecule has 2 rings (SSSR count). The van der Waals surface area contributed by atoms with E-state index in [0.717, 1.165) is 5.92 Å². The molecule has 0 spiro atoms. The molecule has 0 amide bonds. The first-order valence-electron chi connectivity index (χ1n) is 9.73. The van der Waals surface area contributed by atoms with Crippen LogP contribution in [0.25, 0.3) is 5.57 Å². The molecule has 1 aromatic rings. The first-order valence-corrected chi connectivity index (χ1v) is 9.73. The highest BCUT2D eigenvalue weighted by Gasteiger charge is 2.15. The van der Waals surface area contributed by atoms with Crippen LogP contribution in [0.15, 0.2) is 30.3 Å². The van der Waals surface area contributed by atoms with Crippen LogP contribution in [0.1, 0.15) is 83.6 Å². The molecular formula is C22H32O2. The lowest BCUT2D eigenvalue weighted by atomic mass is 9.84. The largest absolute Gasteiger partial charge is 0.427 e. The molecule has 0 aromatic heterocycles. The average molecular weight is 328 g/mol. The van der Waals surface area contributed by atoms with Gasteiger partial charge in [-0.05, 0) is 48.4 Å². The van der Waals surface area contributed by atoms with Crippen molar-refractivity contribution in [1.29, 1.82) is 0 Å². The van der Waals surface area contributed by atoms with E-state index in [1.807, 2.05) is 19.1 Å². The fourth-order valence-corrected chi connectivity index (χ4v) is 3.39. The molecule has 2 nitrogen and oxygen atoms in total. The summed E-state index contributed by atoms with van der Waals surface area (Å²) >= 11 is 0. The molecule has 0 saturated heterocycles. The number of benzene rings is 1. The van der Waals surface area contributed by atoms with Crippen molar-refractivity contribution in [3.05, 3.63) is 35.9 Å². The Morgan fingerprint density at radius 1 is 1.08 bits per heavy atom. The van der Waals surface area contributed by atoms with E-state index in [9.17, 15) is 4.79 Å². The molecule has 1 aromatic carbocycles. The molecule has 0 saturated carbocycles. The number of allylic oxidation sites excluding steroid dienone is 2. The second-order valence-electron chi connectivity index (χ2n) is 6.92. The van der Waals surface area contributed by atoms with Gasteiger partial charge < -0.3 is 4.74 Å². The van der Waals surface area contributed by atoms with Crippen LogP contribution in [0.3, 0.4) is 0 Å². The fourth-order valence-electron chi connectivity index (χ4n) is 3.39. The molecule has 0 aliphatic heterocycles. The van der Waals surface area contributed by atoms with Gasteiger partial charge in [-0.25, -0.2) is 0 Å². The molecule has 0 radical (unpaired) electrons. The summed E-state index contributed by atoms with van der Waals surface area (Å²) in [6.45, 7) is 4.08. The van der Waals surface area contributed by atoms with Gasteiger partial charge in [0, 0.05) is 6.42 Å². The highest BCUT2D eigenvalue weighted by Crippen LogP contribution is 2.33. The quantitative estimate of drug-likeness (QED) is 0.292. The third-order valence-electron chi connectivity index (χ3n) is 4.98. The van der Waals surface area contributed by atoms with Crippen molar-refractivity contribution in [2.45, 2.75) is 78.1 Å². The number of ether oxygens (including phenoxy) is 1. The van der Waals surface area contributed by atoms with Crippen molar-refractivity contribution in [1.82, 2.24) is 0 Å². The normalized spacial score (nSPS) is 17.4. The van der Waals surface area contributed by atoms with Crippen LogP contribution in [-0.4, -0.2) is 5.97 Å². The van der Waals surface area contributed by atoms with Crippen molar-refractivity contribution < 1.29 is 9.53 Å². The van der Waals surface area contributed by atoms with E-state index in [4.69, 9.17) is 4.74 Å². The Morgan fingerprint density at radius 2 is 1.83 bits per heavy atom. The Hall–Kier alpha value is -1.57. The van der Waals surface area contributed by atoms with Gasteiger partial charge in [-0.15, -0.1) is 0 Å². The van der Waals surface area contributed by atoms with E-state index in [0.29, 0.717) is 12.2 Å². The number of carbonyl (C=O) groups is 1. The Kier molecular flexibility index (Phi) is 8.07. The molecule has 132 valence electrons. The lowest BCUT2D eigenvalue weighted by molar-refractivity contribution is -0.134. The van der Waals surface area contributed by atoms with Crippen molar-refractivity contribution in [3.8, 4) is 5.75 Å². The summed E-state index contributed by atoms with van der Waals surface area (Å²) in [6.07, 6.45) is 14.8. The van der Waals surface area contributed by atoms with E-state index in [1.165, 1.54) is 68.9 Å². The molecule has 0 heterocycles. The van der Waals surface area contributed by atoms with Crippen molar-refractivity contribution in [3.63, 3.8) is 0 Å². The Labute approximate surface area is 147 Å². The van der Waals surface area contributed by atoms with Gasteiger partial charge in [-0.2, -0.15) is 0 Å². The zero-order chi connectivity index (χ0) is 17.2. The van der Waals surface area contributed by atoms with Crippen LogP contribution in [-0.2, 0) is 4.79 Å². The summed E-state index contributed by atoms with van der Waals surface area (Å²) < 4.78 is 5.24. The third kappa shape index (κ3) is 6.14. The van der Waals surface area contributed by atoms with Gasteiger partial charge in [0.15, 0.2) is 0 Å². The van der Waals surface area contributed by atoms with Crippen molar-refractivity contribution in [2.24, 2.45) is 5.92 Å². The maximum absolute atomic E-state index is 11.3. The van der Waals surface area contributed by atoms with E-state index < -0.39 is 0 Å². The zero-order valence-corrected chi connectivity index (χ0v) is 15.4. The third-order valence-corrected chi connectivity index (χ3v) is 4.98. The van der Waals surface area contributed by atoms with Crippen LogP contribution >= 0.6 is 0 Å². The lowest BCUT2D eigenvalue weighted by Crippen LogP contribution is -2.06. The average Bonchev–Trinajstić information content (AvgIpc) is 2.63. The number of esters is 1. The number of unbranched alkanes of at least 4 members (excludes halogenated alkanes) is 4. The van der Waals surface area contributed by atoms with Gasteiger partial charge in [0.2, 0.25) is 0 Å². The Bertz CT molecular complexity index is 527. The van der Waals surface area contributed by atoms with Crippen molar-refractivity contribution >= 4 is 11.5 Å². The molecule has 1 atom stereocenters. The summed E-state index contributed by atoms with van der Waals surface area (Å²) in [7, 11) is 0. The van der Waals surface area contributed by atoms with Crippen LogP contribution in [0.2, 0.25) is 0 Å². The monoisotopic (exact) mass is 328 g/mol. The molecular weight excluding hydrogens is 296 g/mol. The maximum Gasteiger partial charge on any atom is 0.310 e. The SMILES string of the molecule is CCCCCCCC1CC=C(c2ccc(OC(=O)CC)cc2)CC1. The van der Waals surface area contributed by atoms with E-state index >= 15 is 0 Å². The minimum Gasteiger partial charge on any atom is -0.427 e. The Morgan fingerprint density at radius 3 is 2.46 bits per heavy atom. The van der Waals surface area contributed by atoms with Gasteiger partial charge in [-0.3, -0.25) is 4.79 Å². The molecule has 2 heteroatoms. The number of rotatable bonds is 9. The molecule has 1 aliphatic carbocycles. The van der Waals surface area contributed by atoms with Crippen LogP contribution < -0.4 is 4.74 Å². The number of hydrogen-bond donors (Lipinski definition) is 0. The molecule has 24 heavy (non-hydrogen) atoms. The van der Waals surface area contributed by atoms with Crippen LogP contribution in [0.4, 0.5) is 0 Å². The second-order valence-corrected chi connectivity index (χ2v) is 6.92. The van der Waals surface area contributed by atoms with Crippen LogP contribution in [0.5, 0.6) is 5.75 Å². The van der Waals surface area contributed by atoms with E-state index in [2.05, 4.69) is 25.1 Å². The molecule has 1 unspecified atom stereocenters. The van der Waals surface area contributed by atoms with E-state index in [1.54, 1.807) is 0 Å². The predicted octanol–water partition coefficient (Wildman–Crippen LogP) is 6.55. The minimum absolute atomic E-state index is 0.179. The number of carbonyl (C=O) groups excluding carboxylic acids is 1. The van der Waals surface area contributed by atoms with E-state index in [-0.39, 0.29) is 5.97 Å². The molecule has 0 N–H and O–H groups in total. The standard InChI is InChI=1S/C22H32O2/c1-3-5-6-7-8-9-18-10-12-19(13-11-18)20-14-16-21(17-15-20)24-22(23)4-2/h12,14-18H,3-11,13H2,1-2H3. The Balaban J connectivity index is 1.78. The first-order chi connectivity index (χ1) is 11.7. The van der Waals surface area contributed by atoms with Gasteiger partial charge >= 0.3 is 5.97 Å². The summed E-state index contributed by atoms with van der Waals surface area (Å²) in [5, 5.41) is 0. The van der Waals surface area contributed by atoms with Gasteiger partial charge in [0.05, 0.1) is 0 Å². The second kappa shape index (κ2) is 10.3. The molecule has 1 aliphatic rings. The summed E-state index contributed by atoms with van der Waals surface area (Å²) in [4.78, 5) is 11.3. The summed E-state index contributed by atoms with van der Waals surface area (Å²) in [6, 6.07) is 7.97. The molecule has 0 fully saturated rings. The lowest BCUT2D eigenvalue weighted by Gasteiger charge is -2.22. The summed E-state index contributed by atoms with van der Waals surface area (Å²) in [5.41, 5.74) is 2.72. The minimum atomic E-state index is -0.179. The van der Waals surface area contributed by atoms with Gasteiger partial charge in [0.1, 0.15) is 5.75 Å². The van der Waals surface area contributed by atoms with Crippen molar-refractivity contribution in [2.75, 3.05) is 0 Å². The highest BCUT2D eigenvalue weighted by molar-refractivity contribution is 5.72. The first kappa shape index (κ1) is 18.8. The van der Waals surface area contributed by atoms with Gasteiger partial charge in [-0.1, -0.05) is 70.6 Å². The maximum atomic E-state index is 11.3. The highest BCUT2D eigenvalue weighted by atomic mass is 16.5. The van der Waals surface area contributed by atoms with Crippen LogP contribution in [0, 0.1) is 5.92 Å². The molecule has 0 bridgehead atoms. The number of hydrogen-bond acceptors (Lipinski definition) is 2. The predicted molar refractivity (Wildman–Crippen MR) is 101 cm³/mol. The zero-order valence-electron chi connectivity index (χ0n) is 15.4.